The van der Waals surface area contributed by atoms with Gasteiger partial charge in [0.2, 0.25) is 0 Å². The highest BCUT2D eigenvalue weighted by Crippen LogP contribution is 2.66. The maximum Gasteiger partial charge on any atom is 0.252 e. The Balaban J connectivity index is 0.877. The molecule has 0 saturated heterocycles. The summed E-state index contributed by atoms with van der Waals surface area (Å²) >= 11 is 0. The van der Waals surface area contributed by atoms with Crippen LogP contribution >= 0.6 is 0 Å². The van der Waals surface area contributed by atoms with Gasteiger partial charge < -0.3 is 24.2 Å². The fourth-order valence-corrected chi connectivity index (χ4v) is 22.6. The van der Waals surface area contributed by atoms with Gasteiger partial charge in [-0.05, 0) is 258 Å². The smallest absolute Gasteiger partial charge is 0.252 e. The highest BCUT2D eigenvalue weighted by atomic mass is 15.2. The third-order valence-corrected chi connectivity index (χ3v) is 28.9. The molecule has 1 spiro atoms. The van der Waals surface area contributed by atoms with Gasteiger partial charge in [-0.15, -0.1) is 0 Å². The summed E-state index contributed by atoms with van der Waals surface area (Å²) in [5.74, 6) is 0. The lowest BCUT2D eigenvalue weighted by molar-refractivity contribution is 0.568. The number of para-hydroxylation sites is 4. The minimum absolute atomic E-state index is 0.00481. The first-order valence-electron chi connectivity index (χ1n) is 50.0. The van der Waals surface area contributed by atoms with Gasteiger partial charge in [-0.1, -0.05) is 365 Å². The number of anilines is 12. The second-order valence-electron chi connectivity index (χ2n) is 41.8. The van der Waals surface area contributed by atoms with Gasteiger partial charge in [0, 0.05) is 84.5 Å². The zero-order chi connectivity index (χ0) is 95.7. The van der Waals surface area contributed by atoms with Crippen molar-refractivity contribution in [3.05, 3.63) is 414 Å². The van der Waals surface area contributed by atoms with Crippen molar-refractivity contribution in [1.82, 2.24) is 4.57 Å². The topological polar surface area (TPSA) is 17.9 Å². The van der Waals surface area contributed by atoms with Gasteiger partial charge in [-0.3, -0.25) is 0 Å². The summed E-state index contributed by atoms with van der Waals surface area (Å²) < 4.78 is 80.5. The van der Waals surface area contributed by atoms with Crippen LogP contribution in [-0.2, 0) is 32.5 Å². The monoisotopic (exact) mass is 1680 g/mol. The highest BCUT2D eigenvalue weighted by Gasteiger charge is 2.55. The molecule has 130 heavy (non-hydrogen) atoms. The summed E-state index contributed by atoms with van der Waals surface area (Å²) in [6, 6.07) is 115. The zero-order valence-corrected chi connectivity index (χ0v) is 76.4. The fourth-order valence-electron chi connectivity index (χ4n) is 22.6. The number of aromatic nitrogens is 1. The fraction of sp³-hybridized carbons (Fsp3) is 0.171. The number of hydrogen-bond donors (Lipinski definition) is 0. The van der Waals surface area contributed by atoms with Crippen molar-refractivity contribution in [2.45, 2.75) is 136 Å². The van der Waals surface area contributed by atoms with E-state index in [0.717, 1.165) is 140 Å². The molecule has 6 aliphatic rings. The molecule has 24 rings (SSSR count). The molecule has 0 fully saturated rings. The first-order chi connectivity index (χ1) is 66.0. The van der Waals surface area contributed by atoms with Crippen LogP contribution in [0.5, 0.6) is 0 Å². The molecule has 0 saturated carbocycles. The average molecular weight is 1680 g/mol. The molecule has 7 heteroatoms. The average Bonchev–Trinajstić information content (AvgIpc) is 1.41. The van der Waals surface area contributed by atoms with Gasteiger partial charge in [0.15, 0.2) is 0 Å². The van der Waals surface area contributed by atoms with Crippen LogP contribution in [0.2, 0.25) is 0 Å². The maximum absolute atomic E-state index is 10.3. The molecule has 17 aromatic carbocycles. The largest absolute Gasteiger partial charge is 0.311 e. The molecular weight excluding hydrogens is 1570 g/mol. The number of benzene rings is 17. The van der Waals surface area contributed by atoms with Crippen molar-refractivity contribution in [2.24, 2.45) is 0 Å². The molecule has 4 aliphatic heterocycles. The number of hydrogen-bond acceptors (Lipinski definition) is 4. The molecule has 0 radical (unpaired) electrons. The van der Waals surface area contributed by atoms with Gasteiger partial charge in [-0.2, -0.15) is 0 Å². The summed E-state index contributed by atoms with van der Waals surface area (Å²) in [5, 5.41) is -0.00961. The Hall–Kier alpha value is -14.1. The van der Waals surface area contributed by atoms with Gasteiger partial charge in [0.25, 0.3) is 13.4 Å². The first-order valence-corrected chi connectivity index (χ1v) is 46.0. The summed E-state index contributed by atoms with van der Waals surface area (Å²) in [6.07, 6.45) is 0. The van der Waals surface area contributed by atoms with Crippen LogP contribution in [0.4, 0.5) is 68.2 Å². The molecule has 0 N–H and O–H groups in total. The van der Waals surface area contributed by atoms with E-state index < -0.39 is 55.1 Å². The van der Waals surface area contributed by atoms with E-state index in [2.05, 4.69) is 439 Å². The van der Waals surface area contributed by atoms with E-state index >= 15 is 0 Å². The van der Waals surface area contributed by atoms with Crippen molar-refractivity contribution in [2.75, 3.05) is 19.6 Å². The van der Waals surface area contributed by atoms with E-state index in [9.17, 15) is 11.0 Å². The van der Waals surface area contributed by atoms with Crippen molar-refractivity contribution >= 4 is 136 Å². The number of rotatable bonds is 8. The minimum Gasteiger partial charge on any atom is -0.311 e. The van der Waals surface area contributed by atoms with Gasteiger partial charge in [0.05, 0.1) is 38.8 Å². The Morgan fingerprint density at radius 2 is 0.615 bits per heavy atom. The van der Waals surface area contributed by atoms with Crippen LogP contribution in [0.15, 0.2) is 364 Å². The van der Waals surface area contributed by atoms with E-state index in [1.54, 1.807) is 4.57 Å². The molecule has 0 atom stereocenters. The summed E-state index contributed by atoms with van der Waals surface area (Å²) in [6.45, 7) is 33.6. The molecule has 0 amide bonds. The maximum atomic E-state index is 10.3. The van der Waals surface area contributed by atoms with Crippen molar-refractivity contribution in [3.8, 4) is 61.3 Å². The molecule has 18 aromatic rings. The Morgan fingerprint density at radius 1 is 0.246 bits per heavy atom. The third-order valence-electron chi connectivity index (χ3n) is 28.9. The van der Waals surface area contributed by atoms with E-state index in [0.29, 0.717) is 5.69 Å². The van der Waals surface area contributed by atoms with Crippen LogP contribution in [0, 0.1) is 0 Å². The third kappa shape index (κ3) is 11.8. The number of fused-ring (bicyclic) bond motifs is 21. The molecule has 5 nitrogen and oxygen atoms in total. The lowest BCUT2D eigenvalue weighted by Crippen LogP contribution is -2.65. The molecule has 5 heterocycles. The lowest BCUT2D eigenvalue weighted by atomic mass is 9.30. The van der Waals surface area contributed by atoms with Gasteiger partial charge in [0.1, 0.15) is 0 Å². The molecule has 0 unspecified atom stereocenters. The van der Waals surface area contributed by atoms with Crippen molar-refractivity contribution in [3.63, 3.8) is 0 Å². The van der Waals surface area contributed by atoms with Crippen LogP contribution < -0.4 is 52.4 Å². The minimum atomic E-state index is -0.716. The molecule has 0 bridgehead atoms. The second-order valence-corrected chi connectivity index (χ2v) is 41.8. The zero-order valence-electron chi connectivity index (χ0n) is 84.4. The van der Waals surface area contributed by atoms with Gasteiger partial charge in [-0.25, -0.2) is 0 Å². The predicted octanol–water partition coefficient (Wildman–Crippen LogP) is 28.8. The van der Waals surface area contributed by atoms with Crippen molar-refractivity contribution in [1.29, 1.82) is 0 Å². The lowest BCUT2D eigenvalue weighted by Gasteiger charge is -2.48. The molecule has 628 valence electrons. The highest BCUT2D eigenvalue weighted by molar-refractivity contribution is 7.03. The quantitative estimate of drug-likeness (QED) is 0.141. The SMILES string of the molecule is [2H]c1c([2H])c([2H])c2c(c1[2H])c1c([2H])c([2H])c([2H])c([2H])c1n2-c1cc2c3c(c1)N(c1c(-c4ccccc4)cc(C(C)(C)C)cc1-c1ccccc1)c1ccccc1B3c1cc3c(cc1N2c1cccc(C(C)(C)C)c1)N(c1cccc(C(C)(C)C)c1)c1cc(-c2cccc4c2C2(c5ccccc5-c5ccccc52)c2ccccc2-4)cc2c1B3c1ccccc1N2c1cc(C(C)(C)C)cc(C(C)(C)C)c1. The van der Waals surface area contributed by atoms with Gasteiger partial charge >= 0.3 is 0 Å². The standard InChI is InChI=1S/C123H105B2N5/c1-118(2,3)79-43-36-45-84(66-79)126-108-75-109-103(74-102(108)124-100-57-30-34-61-106(100)129(86-68-81(120(7,8)9)65-82(69-86)121(10,11)12)111-64-78(63-110(126)115(111)124)88-52-38-53-94-91-49-24-29-56-99(91)123(114(88)94)97-54-27-22-47-89(97)90-48-23-28-55-98(90)123)125-101-58-31-35-62-107(101)130(117-95(76-39-18-16-19-40-76)70-83(122(13,14)15)71-96(117)77-41-20-17-21-42-77)113-73-87(128-104-59-32-25-50-92(104)93-51-26-33-60-105(93)128)72-112(116(113)125)127(109)85-46-37-44-80(67-85)119(4,5)6/h16-75H,1-15H3/i25D,26D,32D,33D,50D,51D,59D,60D. The van der Waals surface area contributed by atoms with Crippen LogP contribution in [0.1, 0.15) is 165 Å². The van der Waals surface area contributed by atoms with Crippen LogP contribution in [0.25, 0.3) is 83.1 Å². The predicted molar refractivity (Wildman–Crippen MR) is 555 cm³/mol. The number of nitrogens with zero attached hydrogens (tertiary/aromatic N) is 5. The molecule has 2 aliphatic carbocycles. The van der Waals surface area contributed by atoms with Crippen LogP contribution in [0.3, 0.4) is 0 Å². The van der Waals surface area contributed by atoms with Crippen molar-refractivity contribution < 1.29 is 11.0 Å². The first kappa shape index (κ1) is 70.9. The Morgan fingerprint density at radius 3 is 1.09 bits per heavy atom. The Kier molecular flexibility index (Phi) is 15.5. The Labute approximate surface area is 778 Å². The van der Waals surface area contributed by atoms with E-state index in [-0.39, 0.29) is 61.0 Å². The normalized spacial score (nSPS) is 15.1. The van der Waals surface area contributed by atoms with E-state index in [1.807, 2.05) is 0 Å². The van der Waals surface area contributed by atoms with E-state index in [4.69, 9.17) is 0 Å². The summed E-state index contributed by atoms with van der Waals surface area (Å²) in [4.78, 5) is 10.2. The summed E-state index contributed by atoms with van der Waals surface area (Å²) in [5.41, 5.74) is 38.0. The molecule has 1 aromatic heterocycles. The molecular formula is C123H105B2N5. The Bertz CT molecular complexity index is 8090. The second kappa shape index (κ2) is 28.4. The van der Waals surface area contributed by atoms with E-state index in [1.165, 1.54) is 66.7 Å². The van der Waals surface area contributed by atoms with Crippen LogP contribution in [-0.4, -0.2) is 18.0 Å². The summed E-state index contributed by atoms with van der Waals surface area (Å²) in [7, 11) is 0.